The molecule has 1 saturated heterocycles. The SMILES string of the molecule is C=C1CCN(c2nc3ccccc3nc2C)CC1. The van der Waals surface area contributed by atoms with E-state index in [0.717, 1.165) is 48.5 Å². The average molecular weight is 239 g/mol. The number of anilines is 1. The van der Waals surface area contributed by atoms with E-state index >= 15 is 0 Å². The Morgan fingerprint density at radius 3 is 2.33 bits per heavy atom. The smallest absolute Gasteiger partial charge is 0.150 e. The number of para-hydroxylation sites is 2. The summed E-state index contributed by atoms with van der Waals surface area (Å²) in [5.74, 6) is 1.03. The zero-order valence-corrected chi connectivity index (χ0v) is 10.7. The fourth-order valence-electron chi connectivity index (χ4n) is 2.41. The minimum Gasteiger partial charge on any atom is -0.354 e. The van der Waals surface area contributed by atoms with E-state index in [2.05, 4.69) is 16.5 Å². The van der Waals surface area contributed by atoms with Crippen molar-refractivity contribution < 1.29 is 0 Å². The normalized spacial score (nSPS) is 16.3. The van der Waals surface area contributed by atoms with Crippen molar-refractivity contribution in [3.05, 3.63) is 42.1 Å². The molecule has 1 aliphatic rings. The molecule has 3 rings (SSSR count). The summed E-state index contributed by atoms with van der Waals surface area (Å²) in [6, 6.07) is 8.04. The standard InChI is InChI=1S/C15H17N3/c1-11-7-9-18(10-8-11)15-12(2)16-13-5-3-4-6-14(13)17-15/h3-6H,1,7-10H2,2H3. The Labute approximate surface area is 107 Å². The van der Waals surface area contributed by atoms with E-state index in [4.69, 9.17) is 4.98 Å². The van der Waals surface area contributed by atoms with Crippen molar-refractivity contribution in [1.29, 1.82) is 0 Å². The fraction of sp³-hybridized carbons (Fsp3) is 0.333. The minimum absolute atomic E-state index is 0.972. The number of nitrogens with zero attached hydrogens (tertiary/aromatic N) is 3. The molecule has 3 heteroatoms. The summed E-state index contributed by atoms with van der Waals surface area (Å²) in [5.41, 5.74) is 4.31. The maximum Gasteiger partial charge on any atom is 0.150 e. The van der Waals surface area contributed by atoms with Crippen LogP contribution in [-0.2, 0) is 0 Å². The number of hydrogen-bond donors (Lipinski definition) is 0. The van der Waals surface area contributed by atoms with E-state index in [-0.39, 0.29) is 0 Å². The lowest BCUT2D eigenvalue weighted by molar-refractivity contribution is 0.677. The molecule has 1 fully saturated rings. The first kappa shape index (κ1) is 11.2. The van der Waals surface area contributed by atoms with Gasteiger partial charge in [0.1, 0.15) is 0 Å². The molecular formula is C15H17N3. The average Bonchev–Trinajstić information content (AvgIpc) is 2.39. The predicted molar refractivity (Wildman–Crippen MR) is 74.9 cm³/mol. The molecule has 0 radical (unpaired) electrons. The first-order chi connectivity index (χ1) is 8.74. The second-order valence-corrected chi connectivity index (χ2v) is 4.86. The third-order valence-corrected chi connectivity index (χ3v) is 3.49. The number of rotatable bonds is 1. The van der Waals surface area contributed by atoms with Gasteiger partial charge in [0.15, 0.2) is 5.82 Å². The van der Waals surface area contributed by atoms with Crippen molar-refractivity contribution >= 4 is 16.9 Å². The molecule has 0 aliphatic carbocycles. The topological polar surface area (TPSA) is 29.0 Å². The highest BCUT2D eigenvalue weighted by atomic mass is 15.2. The molecule has 1 aromatic heterocycles. The highest BCUT2D eigenvalue weighted by Crippen LogP contribution is 2.24. The Kier molecular flexibility index (Phi) is 2.74. The van der Waals surface area contributed by atoms with Gasteiger partial charge in [-0.3, -0.25) is 0 Å². The number of benzene rings is 1. The Hall–Kier alpha value is -1.90. The summed E-state index contributed by atoms with van der Waals surface area (Å²) >= 11 is 0. The fourth-order valence-corrected chi connectivity index (χ4v) is 2.41. The van der Waals surface area contributed by atoms with E-state index < -0.39 is 0 Å². The van der Waals surface area contributed by atoms with E-state index in [1.165, 1.54) is 5.57 Å². The first-order valence-electron chi connectivity index (χ1n) is 6.39. The number of fused-ring (bicyclic) bond motifs is 1. The van der Waals surface area contributed by atoms with Crippen LogP contribution in [0.15, 0.2) is 36.4 Å². The van der Waals surface area contributed by atoms with E-state index in [1.807, 2.05) is 31.2 Å². The summed E-state index contributed by atoms with van der Waals surface area (Å²) in [5, 5.41) is 0. The number of aromatic nitrogens is 2. The zero-order chi connectivity index (χ0) is 12.5. The third kappa shape index (κ3) is 1.96. The van der Waals surface area contributed by atoms with E-state index in [9.17, 15) is 0 Å². The maximum absolute atomic E-state index is 4.76. The van der Waals surface area contributed by atoms with Crippen molar-refractivity contribution in [3.8, 4) is 0 Å². The van der Waals surface area contributed by atoms with Crippen LogP contribution in [0.3, 0.4) is 0 Å². The van der Waals surface area contributed by atoms with Crippen LogP contribution < -0.4 is 4.90 Å². The molecule has 1 aromatic carbocycles. The monoisotopic (exact) mass is 239 g/mol. The van der Waals surface area contributed by atoms with Gasteiger partial charge in [-0.2, -0.15) is 0 Å². The van der Waals surface area contributed by atoms with Crippen molar-refractivity contribution in [1.82, 2.24) is 9.97 Å². The maximum atomic E-state index is 4.76. The van der Waals surface area contributed by atoms with Crippen LogP contribution in [0.2, 0.25) is 0 Å². The summed E-state index contributed by atoms with van der Waals surface area (Å²) in [6.07, 6.45) is 2.13. The first-order valence-corrected chi connectivity index (χ1v) is 6.39. The van der Waals surface area contributed by atoms with Crippen LogP contribution in [0, 0.1) is 6.92 Å². The quantitative estimate of drug-likeness (QED) is 0.716. The summed E-state index contributed by atoms with van der Waals surface area (Å²) in [7, 11) is 0. The van der Waals surface area contributed by atoms with E-state index in [1.54, 1.807) is 0 Å². The van der Waals surface area contributed by atoms with Crippen LogP contribution in [0.4, 0.5) is 5.82 Å². The summed E-state index contributed by atoms with van der Waals surface area (Å²) < 4.78 is 0. The Morgan fingerprint density at radius 2 is 1.67 bits per heavy atom. The zero-order valence-electron chi connectivity index (χ0n) is 10.7. The van der Waals surface area contributed by atoms with Gasteiger partial charge in [-0.25, -0.2) is 9.97 Å². The van der Waals surface area contributed by atoms with Crippen LogP contribution >= 0.6 is 0 Å². The number of aryl methyl sites for hydroxylation is 1. The summed E-state index contributed by atoms with van der Waals surface area (Å²) in [6.45, 7) is 8.11. The minimum atomic E-state index is 0.972. The van der Waals surface area contributed by atoms with Gasteiger partial charge in [0.25, 0.3) is 0 Å². The van der Waals surface area contributed by atoms with Gasteiger partial charge in [0.05, 0.1) is 16.7 Å². The Balaban J connectivity index is 2.01. The molecule has 0 unspecified atom stereocenters. The molecule has 0 spiro atoms. The number of piperidine rings is 1. The molecule has 18 heavy (non-hydrogen) atoms. The third-order valence-electron chi connectivity index (χ3n) is 3.49. The molecule has 0 bridgehead atoms. The lowest BCUT2D eigenvalue weighted by Gasteiger charge is -2.29. The number of hydrogen-bond acceptors (Lipinski definition) is 3. The Bertz CT molecular complexity index is 594. The van der Waals surface area contributed by atoms with Crippen LogP contribution in [0.5, 0.6) is 0 Å². The van der Waals surface area contributed by atoms with Crippen molar-refractivity contribution in [2.75, 3.05) is 18.0 Å². The van der Waals surface area contributed by atoms with Gasteiger partial charge in [0, 0.05) is 13.1 Å². The largest absolute Gasteiger partial charge is 0.354 e. The van der Waals surface area contributed by atoms with Gasteiger partial charge < -0.3 is 4.90 Å². The van der Waals surface area contributed by atoms with Gasteiger partial charge in [-0.1, -0.05) is 24.3 Å². The van der Waals surface area contributed by atoms with Crippen molar-refractivity contribution in [2.45, 2.75) is 19.8 Å². The molecule has 92 valence electrons. The molecule has 2 aromatic rings. The lowest BCUT2D eigenvalue weighted by Crippen LogP contribution is -2.31. The molecule has 0 atom stereocenters. The highest BCUT2D eigenvalue weighted by molar-refractivity contribution is 5.76. The molecule has 0 N–H and O–H groups in total. The summed E-state index contributed by atoms with van der Waals surface area (Å²) in [4.78, 5) is 11.7. The molecular weight excluding hydrogens is 222 g/mol. The lowest BCUT2D eigenvalue weighted by atomic mass is 10.1. The molecule has 0 amide bonds. The van der Waals surface area contributed by atoms with Gasteiger partial charge in [-0.15, -0.1) is 0 Å². The second kappa shape index (κ2) is 4.41. The molecule has 3 nitrogen and oxygen atoms in total. The van der Waals surface area contributed by atoms with E-state index in [0.29, 0.717) is 0 Å². The highest BCUT2D eigenvalue weighted by Gasteiger charge is 2.17. The molecule has 1 aliphatic heterocycles. The van der Waals surface area contributed by atoms with Gasteiger partial charge >= 0.3 is 0 Å². The predicted octanol–water partition coefficient (Wildman–Crippen LogP) is 3.09. The van der Waals surface area contributed by atoms with Crippen molar-refractivity contribution in [2.24, 2.45) is 0 Å². The van der Waals surface area contributed by atoms with Crippen LogP contribution in [0.25, 0.3) is 11.0 Å². The van der Waals surface area contributed by atoms with Crippen molar-refractivity contribution in [3.63, 3.8) is 0 Å². The molecule has 0 saturated carbocycles. The Morgan fingerprint density at radius 1 is 1.06 bits per heavy atom. The van der Waals surface area contributed by atoms with Crippen LogP contribution in [-0.4, -0.2) is 23.1 Å². The van der Waals surface area contributed by atoms with Gasteiger partial charge in [-0.05, 0) is 31.9 Å². The second-order valence-electron chi connectivity index (χ2n) is 4.86. The van der Waals surface area contributed by atoms with Gasteiger partial charge in [0.2, 0.25) is 0 Å². The van der Waals surface area contributed by atoms with Crippen LogP contribution in [0.1, 0.15) is 18.5 Å². The molecule has 2 heterocycles.